The van der Waals surface area contributed by atoms with Gasteiger partial charge in [-0.1, -0.05) is 23.4 Å². The molecule has 1 aliphatic carbocycles. The Balaban J connectivity index is 1.45. The molecular formula is C18H20N2O2S. The molecule has 0 radical (unpaired) electrons. The predicted octanol–water partition coefficient (Wildman–Crippen LogP) is 3.23. The molecule has 0 bridgehead atoms. The van der Waals surface area contributed by atoms with Crippen molar-refractivity contribution < 1.29 is 9.32 Å². The quantitative estimate of drug-likeness (QED) is 0.868. The van der Waals surface area contributed by atoms with Gasteiger partial charge in [0.2, 0.25) is 5.91 Å². The lowest BCUT2D eigenvalue weighted by Crippen LogP contribution is -2.34. The Labute approximate surface area is 140 Å². The fraction of sp³-hybridized carbons (Fsp3) is 0.444. The summed E-state index contributed by atoms with van der Waals surface area (Å²) in [7, 11) is 1.87. The van der Waals surface area contributed by atoms with Crippen molar-refractivity contribution in [3.05, 3.63) is 46.8 Å². The van der Waals surface area contributed by atoms with Gasteiger partial charge < -0.3 is 9.42 Å². The molecule has 2 aromatic rings. The average molecular weight is 328 g/mol. The van der Waals surface area contributed by atoms with Gasteiger partial charge in [0.1, 0.15) is 11.5 Å². The molecule has 1 aliphatic heterocycles. The maximum atomic E-state index is 12.8. The van der Waals surface area contributed by atoms with E-state index < -0.39 is 0 Å². The zero-order valence-corrected chi connectivity index (χ0v) is 14.1. The third kappa shape index (κ3) is 2.78. The number of carbonyl (C=O) groups is 1. The van der Waals surface area contributed by atoms with Crippen LogP contribution in [0.5, 0.6) is 0 Å². The van der Waals surface area contributed by atoms with Crippen LogP contribution in [0.1, 0.15) is 35.4 Å². The summed E-state index contributed by atoms with van der Waals surface area (Å²) in [6, 6.07) is 8.28. The van der Waals surface area contributed by atoms with Gasteiger partial charge in [-0.15, -0.1) is 11.8 Å². The minimum Gasteiger partial charge on any atom is -0.361 e. The van der Waals surface area contributed by atoms with Crippen molar-refractivity contribution in [1.29, 1.82) is 0 Å². The van der Waals surface area contributed by atoms with Crippen molar-refractivity contribution in [3.8, 4) is 0 Å². The second-order valence-electron chi connectivity index (χ2n) is 6.35. The van der Waals surface area contributed by atoms with Gasteiger partial charge in [0, 0.05) is 23.9 Å². The van der Waals surface area contributed by atoms with Gasteiger partial charge in [0.05, 0.1) is 11.8 Å². The number of benzene rings is 1. The number of hydrogen-bond donors (Lipinski definition) is 0. The van der Waals surface area contributed by atoms with E-state index in [0.717, 1.165) is 30.7 Å². The highest BCUT2D eigenvalue weighted by atomic mass is 32.2. The lowest BCUT2D eigenvalue weighted by Gasteiger charge is -2.20. The molecule has 0 saturated carbocycles. The van der Waals surface area contributed by atoms with Gasteiger partial charge in [-0.3, -0.25) is 4.79 Å². The number of carbonyl (C=O) groups excluding carboxylic acids is 1. The first kappa shape index (κ1) is 14.8. The van der Waals surface area contributed by atoms with E-state index in [1.165, 1.54) is 28.9 Å². The zero-order chi connectivity index (χ0) is 15.8. The van der Waals surface area contributed by atoms with Crippen molar-refractivity contribution in [3.63, 3.8) is 0 Å². The summed E-state index contributed by atoms with van der Waals surface area (Å²) in [4.78, 5) is 15.8. The molecule has 0 saturated heterocycles. The lowest BCUT2D eigenvalue weighted by atomic mass is 9.96. The van der Waals surface area contributed by atoms with Crippen LogP contribution in [-0.4, -0.2) is 28.3 Å². The highest BCUT2D eigenvalue weighted by Gasteiger charge is 2.31. The normalized spacial score (nSPS) is 19.3. The third-order valence-corrected chi connectivity index (χ3v) is 6.02. The van der Waals surface area contributed by atoms with Crippen LogP contribution >= 0.6 is 11.8 Å². The zero-order valence-electron chi connectivity index (χ0n) is 13.2. The number of thioether (sulfide) groups is 1. The Hall–Kier alpha value is -1.75. The molecular weight excluding hydrogens is 308 g/mol. The largest absolute Gasteiger partial charge is 0.361 e. The standard InChI is InChI=1S/C18H20N2O2S/c1-20(11-14-13-7-3-4-8-15(13)22-19-14)18(21)17-10-12-6-2-5-9-16(12)23-17/h2,5-6,9,17H,3-4,7-8,10-11H2,1H3/t17-/m1/s1. The third-order valence-electron chi connectivity index (χ3n) is 4.72. The van der Waals surface area contributed by atoms with E-state index in [0.29, 0.717) is 6.54 Å². The van der Waals surface area contributed by atoms with Crippen LogP contribution in [0.4, 0.5) is 0 Å². The number of rotatable bonds is 3. The molecule has 4 rings (SSSR count). The van der Waals surface area contributed by atoms with Crippen molar-refractivity contribution in [2.45, 2.75) is 48.8 Å². The molecule has 0 spiro atoms. The van der Waals surface area contributed by atoms with Gasteiger partial charge in [-0.25, -0.2) is 0 Å². The lowest BCUT2D eigenvalue weighted by molar-refractivity contribution is -0.129. The molecule has 1 aromatic heterocycles. The van der Waals surface area contributed by atoms with E-state index in [9.17, 15) is 4.79 Å². The van der Waals surface area contributed by atoms with E-state index >= 15 is 0 Å². The van der Waals surface area contributed by atoms with Crippen LogP contribution in [0.15, 0.2) is 33.7 Å². The maximum Gasteiger partial charge on any atom is 0.236 e. The Morgan fingerprint density at radius 3 is 3.04 bits per heavy atom. The van der Waals surface area contributed by atoms with Crippen molar-refractivity contribution in [2.75, 3.05) is 7.05 Å². The number of aryl methyl sites for hydroxylation is 1. The minimum atomic E-state index is -0.0138. The molecule has 23 heavy (non-hydrogen) atoms. The van der Waals surface area contributed by atoms with Crippen LogP contribution in [0.25, 0.3) is 0 Å². The summed E-state index contributed by atoms with van der Waals surface area (Å²) in [5, 5.41) is 4.20. The number of aromatic nitrogens is 1. The van der Waals surface area contributed by atoms with Gasteiger partial charge >= 0.3 is 0 Å². The van der Waals surface area contributed by atoms with Crippen LogP contribution in [-0.2, 0) is 30.6 Å². The first-order chi connectivity index (χ1) is 11.2. The summed E-state index contributed by atoms with van der Waals surface area (Å²) in [5.41, 5.74) is 3.46. The number of hydrogen-bond acceptors (Lipinski definition) is 4. The predicted molar refractivity (Wildman–Crippen MR) is 89.4 cm³/mol. The second kappa shape index (κ2) is 6.04. The summed E-state index contributed by atoms with van der Waals surface area (Å²) in [6.07, 6.45) is 5.19. The number of fused-ring (bicyclic) bond motifs is 2. The molecule has 120 valence electrons. The van der Waals surface area contributed by atoms with Crippen molar-refractivity contribution in [1.82, 2.24) is 10.1 Å². The van der Waals surface area contributed by atoms with Crippen LogP contribution < -0.4 is 0 Å². The number of nitrogens with zero attached hydrogens (tertiary/aromatic N) is 2. The number of amides is 1. The first-order valence-electron chi connectivity index (χ1n) is 8.18. The molecule has 2 aliphatic rings. The SMILES string of the molecule is CN(Cc1noc2c1CCCC2)C(=O)[C@H]1Cc2ccccc2S1. The molecule has 2 heterocycles. The molecule has 0 unspecified atom stereocenters. The van der Waals surface area contributed by atoms with E-state index in [2.05, 4.69) is 17.3 Å². The smallest absolute Gasteiger partial charge is 0.236 e. The Kier molecular flexibility index (Phi) is 3.89. The Morgan fingerprint density at radius 1 is 1.35 bits per heavy atom. The van der Waals surface area contributed by atoms with Crippen LogP contribution in [0.2, 0.25) is 0 Å². The van der Waals surface area contributed by atoms with E-state index in [1.54, 1.807) is 16.7 Å². The fourth-order valence-corrected chi connectivity index (χ4v) is 4.75. The maximum absolute atomic E-state index is 12.8. The van der Waals surface area contributed by atoms with Crippen LogP contribution in [0.3, 0.4) is 0 Å². The fourth-order valence-electron chi connectivity index (χ4n) is 3.44. The summed E-state index contributed by atoms with van der Waals surface area (Å²) in [6.45, 7) is 0.547. The van der Waals surface area contributed by atoms with Gasteiger partial charge in [0.25, 0.3) is 0 Å². The second-order valence-corrected chi connectivity index (χ2v) is 7.60. The molecule has 5 heteroatoms. The minimum absolute atomic E-state index is 0.0138. The molecule has 0 N–H and O–H groups in total. The molecule has 1 aromatic carbocycles. The molecule has 4 nitrogen and oxygen atoms in total. The van der Waals surface area contributed by atoms with Crippen LogP contribution in [0, 0.1) is 0 Å². The van der Waals surface area contributed by atoms with Gasteiger partial charge in [-0.2, -0.15) is 0 Å². The highest BCUT2D eigenvalue weighted by Crippen LogP contribution is 2.37. The Bertz CT molecular complexity index is 715. The molecule has 0 fully saturated rings. The summed E-state index contributed by atoms with van der Waals surface area (Å²) in [5.74, 6) is 1.20. The Morgan fingerprint density at radius 2 is 2.17 bits per heavy atom. The topological polar surface area (TPSA) is 46.3 Å². The monoisotopic (exact) mass is 328 g/mol. The molecule has 1 amide bonds. The van der Waals surface area contributed by atoms with E-state index in [1.807, 2.05) is 19.2 Å². The molecule has 1 atom stereocenters. The van der Waals surface area contributed by atoms with Crippen molar-refractivity contribution >= 4 is 17.7 Å². The summed E-state index contributed by atoms with van der Waals surface area (Å²) >= 11 is 1.68. The van der Waals surface area contributed by atoms with Crippen molar-refractivity contribution in [2.24, 2.45) is 0 Å². The summed E-state index contributed by atoms with van der Waals surface area (Å²) < 4.78 is 5.45. The van der Waals surface area contributed by atoms with Gasteiger partial charge in [0.15, 0.2) is 0 Å². The van der Waals surface area contributed by atoms with Gasteiger partial charge in [-0.05, 0) is 37.3 Å². The van der Waals surface area contributed by atoms with E-state index in [4.69, 9.17) is 4.52 Å². The first-order valence-corrected chi connectivity index (χ1v) is 9.06. The average Bonchev–Trinajstić information content (AvgIpc) is 3.18. The highest BCUT2D eigenvalue weighted by molar-refractivity contribution is 8.01. The van der Waals surface area contributed by atoms with E-state index in [-0.39, 0.29) is 11.2 Å².